The number of allylic oxidation sites excluding steroid dienone is 1. The zero-order chi connectivity index (χ0) is 35.5. The molecule has 4 heterocycles. The van der Waals surface area contributed by atoms with E-state index in [2.05, 4.69) is 33.4 Å². The smallest absolute Gasteiger partial charge is 0.187 e. The molecule has 50 heavy (non-hydrogen) atoms. The first-order chi connectivity index (χ1) is 23.7. The molecule has 7 fully saturated rings. The maximum Gasteiger partial charge on any atom is 0.187 e. The van der Waals surface area contributed by atoms with Gasteiger partial charge in [-0.25, -0.2) is 0 Å². The first-order valence-corrected chi connectivity index (χ1v) is 19.0. The number of aliphatic hydroxyl groups excluding tert-OH is 6. The van der Waals surface area contributed by atoms with Crippen LogP contribution in [0, 0.1) is 40.4 Å². The quantitative estimate of drug-likeness (QED) is 0.235. The summed E-state index contributed by atoms with van der Waals surface area (Å²) >= 11 is 0. The molecule has 3 saturated carbocycles. The fraction of sp³-hybridized carbons (Fsp3) is 0.895. The summed E-state index contributed by atoms with van der Waals surface area (Å²) in [5, 5.41) is 64.1. The summed E-state index contributed by atoms with van der Waals surface area (Å²) < 4.78 is 37.9. The maximum absolute atomic E-state index is 11.1. The van der Waals surface area contributed by atoms with Gasteiger partial charge in [0, 0.05) is 24.2 Å². The largest absolute Gasteiger partial charge is 0.393 e. The van der Waals surface area contributed by atoms with E-state index in [-0.39, 0.29) is 24.0 Å². The van der Waals surface area contributed by atoms with Gasteiger partial charge in [0.25, 0.3) is 0 Å². The Kier molecular flexibility index (Phi) is 9.22. The van der Waals surface area contributed by atoms with Crippen molar-refractivity contribution in [3.05, 3.63) is 23.8 Å². The Morgan fingerprint density at radius 2 is 1.68 bits per heavy atom. The topological polar surface area (TPSA) is 177 Å². The van der Waals surface area contributed by atoms with Crippen LogP contribution in [0.5, 0.6) is 0 Å². The first kappa shape index (κ1) is 36.0. The molecule has 0 amide bonds. The summed E-state index contributed by atoms with van der Waals surface area (Å²) in [4.78, 5) is 0. The highest BCUT2D eigenvalue weighted by molar-refractivity contribution is 5.29. The third-order valence-electron chi connectivity index (χ3n) is 15.0. The highest BCUT2D eigenvalue weighted by Crippen LogP contribution is 2.71. The van der Waals surface area contributed by atoms with Crippen molar-refractivity contribution in [2.75, 3.05) is 13.2 Å². The van der Waals surface area contributed by atoms with E-state index in [1.807, 2.05) is 0 Å². The normalized spacial score (nSPS) is 57.8. The van der Waals surface area contributed by atoms with Gasteiger partial charge in [-0.1, -0.05) is 44.6 Å². The van der Waals surface area contributed by atoms with E-state index in [1.165, 1.54) is 5.57 Å². The second-order valence-electron chi connectivity index (χ2n) is 17.5. The lowest BCUT2D eigenvalue weighted by molar-refractivity contribution is -0.362. The Bertz CT molecular complexity index is 1330. The lowest BCUT2D eigenvalue weighted by atomic mass is 9.46. The summed E-state index contributed by atoms with van der Waals surface area (Å²) in [5.41, 5.74) is 2.01. The minimum absolute atomic E-state index is 0.112. The van der Waals surface area contributed by atoms with Crippen LogP contribution in [0.2, 0.25) is 0 Å². The van der Waals surface area contributed by atoms with Crippen molar-refractivity contribution in [3.8, 4) is 0 Å². The summed E-state index contributed by atoms with van der Waals surface area (Å²) in [6, 6.07) is 0. The van der Waals surface area contributed by atoms with Gasteiger partial charge < -0.3 is 59.1 Å². The van der Waals surface area contributed by atoms with Crippen molar-refractivity contribution < 1.29 is 59.1 Å². The minimum Gasteiger partial charge on any atom is -0.393 e. The molecular formula is C38H58O12. The highest BCUT2D eigenvalue weighted by Gasteiger charge is 2.69. The molecule has 4 aliphatic carbocycles. The second-order valence-corrected chi connectivity index (χ2v) is 17.5. The van der Waals surface area contributed by atoms with Crippen LogP contribution in [-0.2, 0) is 28.4 Å². The molecule has 0 radical (unpaired) electrons. The van der Waals surface area contributed by atoms with Gasteiger partial charge in [-0.3, -0.25) is 0 Å². The predicted octanol–water partition coefficient (Wildman–Crippen LogP) is 1.92. The van der Waals surface area contributed by atoms with E-state index in [9.17, 15) is 30.6 Å². The molecule has 0 unspecified atom stereocenters. The van der Waals surface area contributed by atoms with Gasteiger partial charge in [0.05, 0.1) is 37.6 Å². The average Bonchev–Trinajstić information content (AvgIpc) is 3.53. The number of fused-ring (bicyclic) bond motifs is 7. The fourth-order valence-corrected chi connectivity index (χ4v) is 12.2. The lowest BCUT2D eigenvalue weighted by Gasteiger charge is -2.60. The molecule has 12 nitrogen and oxygen atoms in total. The third kappa shape index (κ3) is 5.38. The van der Waals surface area contributed by atoms with E-state index in [4.69, 9.17) is 28.4 Å². The summed E-state index contributed by atoms with van der Waals surface area (Å²) in [6.07, 6.45) is -3.73. The maximum atomic E-state index is 11.1. The van der Waals surface area contributed by atoms with Gasteiger partial charge in [0.15, 0.2) is 18.4 Å². The molecule has 8 aliphatic rings. The van der Waals surface area contributed by atoms with E-state index in [0.29, 0.717) is 43.1 Å². The molecule has 0 bridgehead atoms. The Morgan fingerprint density at radius 3 is 2.42 bits per heavy atom. The Morgan fingerprint density at radius 1 is 0.900 bits per heavy atom. The molecule has 8 rings (SSSR count). The average molecular weight is 707 g/mol. The van der Waals surface area contributed by atoms with Crippen LogP contribution in [0.25, 0.3) is 0 Å². The van der Waals surface area contributed by atoms with E-state index in [1.54, 1.807) is 6.92 Å². The lowest BCUT2D eigenvalue weighted by Crippen LogP contribution is -2.63. The zero-order valence-corrected chi connectivity index (χ0v) is 29.8. The molecule has 4 aliphatic heterocycles. The Hall–Kier alpha value is -1.00. The van der Waals surface area contributed by atoms with Crippen LogP contribution in [0.1, 0.15) is 79.1 Å². The molecule has 1 spiro atoms. The minimum atomic E-state index is -1.61. The first-order valence-electron chi connectivity index (χ1n) is 19.0. The van der Waals surface area contributed by atoms with E-state index in [0.717, 1.165) is 44.1 Å². The number of hydrogen-bond acceptors (Lipinski definition) is 12. The monoisotopic (exact) mass is 706 g/mol. The highest BCUT2D eigenvalue weighted by atomic mass is 16.8. The van der Waals surface area contributed by atoms with Crippen molar-refractivity contribution in [1.82, 2.24) is 0 Å². The van der Waals surface area contributed by atoms with E-state index < -0.39 is 78.7 Å². The van der Waals surface area contributed by atoms with E-state index >= 15 is 0 Å². The summed E-state index contributed by atoms with van der Waals surface area (Å²) in [5.74, 6) is 1.34. The molecule has 4 saturated heterocycles. The van der Waals surface area contributed by atoms with Crippen LogP contribution in [0.3, 0.4) is 0 Å². The summed E-state index contributed by atoms with van der Waals surface area (Å²) in [6.45, 7) is 13.1. The number of rotatable bonds is 4. The van der Waals surface area contributed by atoms with Crippen LogP contribution in [-0.4, -0.2) is 123 Å². The Labute approximate surface area is 294 Å². The molecule has 0 aromatic heterocycles. The fourth-order valence-electron chi connectivity index (χ4n) is 12.2. The van der Waals surface area contributed by atoms with Crippen LogP contribution < -0.4 is 0 Å². The molecule has 0 aromatic carbocycles. The second kappa shape index (κ2) is 12.8. The summed E-state index contributed by atoms with van der Waals surface area (Å²) in [7, 11) is 0. The van der Waals surface area contributed by atoms with Crippen molar-refractivity contribution in [2.24, 2.45) is 40.4 Å². The van der Waals surface area contributed by atoms with Gasteiger partial charge in [0.2, 0.25) is 0 Å². The number of ether oxygens (including phenoxy) is 6. The van der Waals surface area contributed by atoms with Crippen LogP contribution >= 0.6 is 0 Å². The van der Waals surface area contributed by atoms with Crippen molar-refractivity contribution in [2.45, 2.75) is 158 Å². The van der Waals surface area contributed by atoms with Crippen molar-refractivity contribution >= 4 is 0 Å². The molecule has 282 valence electrons. The number of aliphatic hydroxyl groups is 6. The van der Waals surface area contributed by atoms with Gasteiger partial charge in [-0.05, 0) is 74.5 Å². The van der Waals surface area contributed by atoms with Gasteiger partial charge in [-0.2, -0.15) is 0 Å². The van der Waals surface area contributed by atoms with Gasteiger partial charge in [-0.15, -0.1) is 0 Å². The molecular weight excluding hydrogens is 648 g/mol. The zero-order valence-electron chi connectivity index (χ0n) is 29.8. The molecule has 12 heteroatoms. The van der Waals surface area contributed by atoms with Crippen molar-refractivity contribution in [1.29, 1.82) is 0 Å². The third-order valence-corrected chi connectivity index (χ3v) is 15.0. The van der Waals surface area contributed by atoms with Crippen LogP contribution in [0.15, 0.2) is 23.8 Å². The molecule has 0 aromatic rings. The van der Waals surface area contributed by atoms with Gasteiger partial charge in [0.1, 0.15) is 36.6 Å². The van der Waals surface area contributed by atoms with Gasteiger partial charge >= 0.3 is 0 Å². The standard InChI is InChI=1S/C38H58O12/c1-17-8-11-38(46-15-17)18(2)28-26(50-38)14-24-22-7-6-20-12-21(39)13-27(37(20,5)23(22)9-10-36(24,28)4)48-35-33(30(42)25(40)16-45-35)49-34-32(44)31(43)29(41)19(3)47-34/h6,18-19,21-35,39-44H,1,7-16H2,2-5H3/t18-,19-,21+,22+,23-,24-,25-,26-,27+,28-,29-,30-,31+,32+,33+,34-,35-,36-,37-,38-/m0/s1. The number of hydrogen-bond donors (Lipinski definition) is 6. The van der Waals surface area contributed by atoms with Crippen LogP contribution in [0.4, 0.5) is 0 Å². The molecule has 20 atom stereocenters. The van der Waals surface area contributed by atoms with Crippen molar-refractivity contribution in [3.63, 3.8) is 0 Å². The Balaban J connectivity index is 1.04. The molecule has 6 N–H and O–H groups in total. The SMILES string of the molecule is C=C1CC[C@]2(OC1)O[C@H]1C[C@H]3[C@@H]4CC=C5C[C@@H](O)C[C@@H](O[C@@H]6OC[C@H](O)[C@H](O)[C@H]6O[C@@H]6O[C@@H](C)[C@H](O)[C@@H](O)[C@H]6O)[C@]5(C)[C@H]4CC[C@]3(C)[C@H]1[C@@H]2C. The predicted molar refractivity (Wildman–Crippen MR) is 177 cm³/mol.